The Morgan fingerprint density at radius 1 is 1.33 bits per heavy atom. The zero-order chi connectivity index (χ0) is 9.12. The molecule has 0 aliphatic carbocycles. The average molecular weight is 218 g/mol. The van der Waals surface area contributed by atoms with Crippen LogP contribution in [0.1, 0.15) is 19.8 Å². The molecule has 0 aromatic heterocycles. The van der Waals surface area contributed by atoms with Crippen molar-refractivity contribution in [3.63, 3.8) is 0 Å². The fourth-order valence-electron chi connectivity index (χ4n) is 0.727. The van der Waals surface area contributed by atoms with E-state index in [9.17, 15) is 13.0 Å². The van der Waals surface area contributed by atoms with Crippen LogP contribution in [0.3, 0.4) is 0 Å². The van der Waals surface area contributed by atoms with Crippen LogP contribution in [0.4, 0.5) is 0 Å². The number of hydrogen-bond donors (Lipinski definition) is 0. The van der Waals surface area contributed by atoms with Crippen LogP contribution in [0.25, 0.3) is 0 Å². The van der Waals surface area contributed by atoms with Crippen molar-refractivity contribution in [1.82, 2.24) is 0 Å². The largest absolute Gasteiger partial charge is 1.00 e. The summed E-state index contributed by atoms with van der Waals surface area (Å²) in [5.41, 5.74) is 0. The minimum absolute atomic E-state index is 0. The molecule has 6 heteroatoms. The fourth-order valence-corrected chi connectivity index (χ4v) is 3.37. The van der Waals surface area contributed by atoms with Crippen molar-refractivity contribution in [1.29, 1.82) is 0 Å². The summed E-state index contributed by atoms with van der Waals surface area (Å²) in [6.07, 6.45) is 1.80. The van der Waals surface area contributed by atoms with Crippen molar-refractivity contribution >= 4 is 16.8 Å². The first-order chi connectivity index (χ1) is 4.81. The normalized spacial score (nSPS) is 12.3. The molecule has 12 heavy (non-hydrogen) atoms. The Balaban J connectivity index is 0. The maximum absolute atomic E-state index is 10.7. The zero-order valence-corrected chi connectivity index (χ0v) is 12.1. The van der Waals surface area contributed by atoms with Crippen LogP contribution >= 0.6 is 0 Å². The Bertz CT molecular complexity index is 213. The van der Waals surface area contributed by atoms with Crippen molar-refractivity contribution in [2.45, 2.75) is 38.9 Å². The second kappa shape index (κ2) is 5.77. The molecule has 0 aromatic rings. The molecule has 0 bridgehead atoms. The third kappa shape index (κ3) is 4.99. The average Bonchev–Trinajstić information content (AvgIpc) is 1.81. The SMILES string of the molecule is CCCC[Si](C)(C)S(=O)(=O)[O-].[Na+]. The second-order valence-electron chi connectivity index (χ2n) is 3.32. The van der Waals surface area contributed by atoms with E-state index in [0.717, 1.165) is 12.8 Å². The van der Waals surface area contributed by atoms with Gasteiger partial charge in [0.25, 0.3) is 0 Å². The third-order valence-electron chi connectivity index (χ3n) is 1.81. The summed E-state index contributed by atoms with van der Waals surface area (Å²) in [7, 11) is -6.49. The van der Waals surface area contributed by atoms with Crippen LogP contribution in [-0.2, 0) is 9.57 Å². The van der Waals surface area contributed by atoms with E-state index < -0.39 is 16.8 Å². The maximum atomic E-state index is 10.7. The monoisotopic (exact) mass is 218 g/mol. The quantitative estimate of drug-likeness (QED) is 0.428. The molecule has 0 aliphatic heterocycles. The number of unbranched alkanes of at least 4 members (excludes halogenated alkanes) is 1. The van der Waals surface area contributed by atoms with Crippen LogP contribution in [0.15, 0.2) is 0 Å². The van der Waals surface area contributed by atoms with E-state index in [1.807, 2.05) is 6.92 Å². The maximum Gasteiger partial charge on any atom is 1.00 e. The molecular weight excluding hydrogens is 203 g/mol. The van der Waals surface area contributed by atoms with Gasteiger partial charge in [0.05, 0.1) is 9.57 Å². The topological polar surface area (TPSA) is 57.2 Å². The summed E-state index contributed by atoms with van der Waals surface area (Å²) in [6, 6.07) is 0.593. The number of rotatable bonds is 4. The molecule has 68 valence electrons. The first-order valence-corrected chi connectivity index (χ1v) is 9.10. The van der Waals surface area contributed by atoms with Crippen molar-refractivity contribution in [3.8, 4) is 0 Å². The summed E-state index contributed by atoms with van der Waals surface area (Å²) < 4.78 is 32.0. The Morgan fingerprint density at radius 2 is 1.75 bits per heavy atom. The van der Waals surface area contributed by atoms with Crippen LogP contribution in [-0.4, -0.2) is 20.2 Å². The molecular formula is C6H15NaO3SSi. The Kier molecular flexibility index (Phi) is 7.50. The van der Waals surface area contributed by atoms with Gasteiger partial charge in [-0.2, -0.15) is 0 Å². The molecule has 0 saturated heterocycles. The predicted octanol–water partition coefficient (Wildman–Crippen LogP) is -1.46. The Hall–Kier alpha value is 1.13. The van der Waals surface area contributed by atoms with Crippen molar-refractivity contribution < 1.29 is 42.5 Å². The molecule has 0 amide bonds. The summed E-state index contributed by atoms with van der Waals surface area (Å²) in [5, 5.41) is 0. The molecule has 0 atom stereocenters. The van der Waals surface area contributed by atoms with Gasteiger partial charge < -0.3 is 4.55 Å². The van der Waals surface area contributed by atoms with Gasteiger partial charge in [-0.05, 0) is 6.04 Å². The van der Waals surface area contributed by atoms with Crippen molar-refractivity contribution in [2.75, 3.05) is 0 Å². The summed E-state index contributed by atoms with van der Waals surface area (Å²) in [6.45, 7) is 5.22. The molecule has 0 radical (unpaired) electrons. The zero-order valence-electron chi connectivity index (χ0n) is 8.25. The molecule has 0 rings (SSSR count). The number of hydrogen-bond acceptors (Lipinski definition) is 3. The van der Waals surface area contributed by atoms with Gasteiger partial charge in [-0.25, -0.2) is 8.42 Å². The van der Waals surface area contributed by atoms with Gasteiger partial charge in [0.2, 0.25) is 0 Å². The molecule has 3 nitrogen and oxygen atoms in total. The Morgan fingerprint density at radius 3 is 2.00 bits per heavy atom. The van der Waals surface area contributed by atoms with Gasteiger partial charge in [0.1, 0.15) is 0 Å². The van der Waals surface area contributed by atoms with E-state index in [4.69, 9.17) is 0 Å². The van der Waals surface area contributed by atoms with Crippen LogP contribution in [0.5, 0.6) is 0 Å². The van der Waals surface area contributed by atoms with E-state index in [1.165, 1.54) is 0 Å². The summed E-state index contributed by atoms with van der Waals surface area (Å²) >= 11 is 0. The molecule has 0 saturated carbocycles. The first kappa shape index (κ1) is 15.6. The molecule has 0 fully saturated rings. The van der Waals surface area contributed by atoms with E-state index in [-0.39, 0.29) is 29.6 Å². The molecule has 0 spiro atoms. The van der Waals surface area contributed by atoms with E-state index >= 15 is 0 Å². The van der Waals surface area contributed by atoms with Gasteiger partial charge in [-0.15, -0.1) is 0 Å². The standard InChI is InChI=1S/C6H16O3SSi.Na/c1-4-5-6-11(2,3)10(7,8)9;/h4-6H2,1-3H3,(H,7,8,9);/q;+1/p-1. The smallest absolute Gasteiger partial charge is 0.753 e. The van der Waals surface area contributed by atoms with Crippen LogP contribution in [0, 0.1) is 0 Å². The fraction of sp³-hybridized carbons (Fsp3) is 1.00. The van der Waals surface area contributed by atoms with E-state index in [2.05, 4.69) is 0 Å². The second-order valence-corrected chi connectivity index (χ2v) is 13.1. The van der Waals surface area contributed by atoms with E-state index in [1.54, 1.807) is 13.1 Å². The molecule has 0 heterocycles. The van der Waals surface area contributed by atoms with Gasteiger partial charge in [0, 0.05) is 0 Å². The minimum atomic E-state index is -3.99. The minimum Gasteiger partial charge on any atom is -0.753 e. The van der Waals surface area contributed by atoms with Gasteiger partial charge in [0.15, 0.2) is 7.22 Å². The molecule has 0 aromatic carbocycles. The van der Waals surface area contributed by atoms with Crippen molar-refractivity contribution in [2.24, 2.45) is 0 Å². The predicted molar refractivity (Wildman–Crippen MR) is 46.9 cm³/mol. The van der Waals surface area contributed by atoms with E-state index in [0.29, 0.717) is 6.04 Å². The van der Waals surface area contributed by atoms with Crippen molar-refractivity contribution in [3.05, 3.63) is 0 Å². The van der Waals surface area contributed by atoms with Crippen LogP contribution < -0.4 is 29.6 Å². The summed E-state index contributed by atoms with van der Waals surface area (Å²) in [4.78, 5) is 0. The third-order valence-corrected chi connectivity index (χ3v) is 9.39. The van der Waals surface area contributed by atoms with Gasteiger partial charge in [-0.3, -0.25) is 0 Å². The summed E-state index contributed by atoms with van der Waals surface area (Å²) in [5.74, 6) is 0. The first-order valence-electron chi connectivity index (χ1n) is 3.76. The molecule has 0 aliphatic rings. The molecule has 0 N–H and O–H groups in total. The van der Waals surface area contributed by atoms with Gasteiger partial charge >= 0.3 is 29.6 Å². The Labute approximate surface area is 97.6 Å². The van der Waals surface area contributed by atoms with Crippen LogP contribution in [0.2, 0.25) is 19.1 Å². The molecule has 0 unspecified atom stereocenters. The van der Waals surface area contributed by atoms with Gasteiger partial charge in [-0.1, -0.05) is 32.9 Å².